The fraction of sp³-hybridized carbons (Fsp3) is 0. The van der Waals surface area contributed by atoms with E-state index in [0.717, 1.165) is 0 Å². The van der Waals surface area contributed by atoms with Crippen LogP contribution < -0.4 is 17.2 Å². The second kappa shape index (κ2) is 4.68. The van der Waals surface area contributed by atoms with E-state index in [-0.39, 0.29) is 32.5 Å². The van der Waals surface area contributed by atoms with Crippen molar-refractivity contribution in [1.29, 1.82) is 0 Å². The van der Waals surface area contributed by atoms with Crippen LogP contribution in [-0.2, 0) is 0 Å². The Bertz CT molecular complexity index is 609. The average molecular weight is 305 g/mol. The summed E-state index contributed by atoms with van der Waals surface area (Å²) in [6, 6.07) is 3.06. The van der Waals surface area contributed by atoms with Crippen LogP contribution in [0.15, 0.2) is 12.1 Å². The number of nitrogen functional groups attached to an aromatic ring is 3. The molecule has 2 aromatic rings. The quantitative estimate of drug-likeness (QED) is 0.555. The molecule has 0 aliphatic heterocycles. The molecule has 1 aromatic heterocycles. The first-order valence-corrected chi connectivity index (χ1v) is 5.87. The van der Waals surface area contributed by atoms with Gasteiger partial charge in [0, 0.05) is 11.6 Å². The second-order valence-electron chi connectivity index (χ2n) is 3.48. The fourth-order valence-corrected chi connectivity index (χ4v) is 2.13. The number of aromatic nitrogens is 2. The van der Waals surface area contributed by atoms with Crippen LogP contribution in [0.25, 0.3) is 11.3 Å². The Hall–Kier alpha value is -1.43. The van der Waals surface area contributed by atoms with Crippen LogP contribution in [0.5, 0.6) is 0 Å². The number of nitrogens with zero attached hydrogens (tertiary/aromatic N) is 2. The maximum atomic E-state index is 6.10. The number of anilines is 3. The van der Waals surface area contributed by atoms with Crippen LogP contribution in [0.2, 0.25) is 15.1 Å². The molecule has 18 heavy (non-hydrogen) atoms. The lowest BCUT2D eigenvalue weighted by atomic mass is 10.1. The van der Waals surface area contributed by atoms with Crippen molar-refractivity contribution in [2.75, 3.05) is 17.2 Å². The standard InChI is InChI=1S/C10H8Cl3N5/c11-4-1-3(7(12)8(13)9(4)15)5-2-6(14)18-10(16)17-5/h1-2H,15H2,(H4,14,16,17,18). The molecule has 0 atom stereocenters. The van der Waals surface area contributed by atoms with E-state index in [4.69, 9.17) is 52.0 Å². The molecular weight excluding hydrogens is 297 g/mol. The Morgan fingerprint density at radius 3 is 2.17 bits per heavy atom. The zero-order valence-electron chi connectivity index (χ0n) is 8.92. The summed E-state index contributed by atoms with van der Waals surface area (Å²) in [5.74, 6) is 0.253. The highest BCUT2D eigenvalue weighted by molar-refractivity contribution is 6.47. The van der Waals surface area contributed by atoms with E-state index in [9.17, 15) is 0 Å². The van der Waals surface area contributed by atoms with Gasteiger partial charge in [-0.05, 0) is 6.07 Å². The molecule has 1 heterocycles. The molecule has 0 fully saturated rings. The molecule has 2 rings (SSSR count). The van der Waals surface area contributed by atoms with E-state index in [1.807, 2.05) is 0 Å². The number of hydrogen-bond acceptors (Lipinski definition) is 5. The van der Waals surface area contributed by atoms with Crippen LogP contribution in [0.4, 0.5) is 17.5 Å². The minimum absolute atomic E-state index is 0.0325. The van der Waals surface area contributed by atoms with Crippen molar-refractivity contribution in [2.24, 2.45) is 0 Å². The topological polar surface area (TPSA) is 104 Å². The Labute approximate surface area is 118 Å². The van der Waals surface area contributed by atoms with Crippen LogP contribution >= 0.6 is 34.8 Å². The van der Waals surface area contributed by atoms with Gasteiger partial charge in [0.1, 0.15) is 5.82 Å². The lowest BCUT2D eigenvalue weighted by Gasteiger charge is -2.10. The molecule has 94 valence electrons. The van der Waals surface area contributed by atoms with Crippen LogP contribution in [-0.4, -0.2) is 9.97 Å². The summed E-state index contributed by atoms with van der Waals surface area (Å²) in [5.41, 5.74) is 17.9. The molecule has 1 aromatic carbocycles. The zero-order valence-corrected chi connectivity index (χ0v) is 11.2. The second-order valence-corrected chi connectivity index (χ2v) is 4.65. The molecule has 0 saturated heterocycles. The van der Waals surface area contributed by atoms with Gasteiger partial charge in [-0.3, -0.25) is 0 Å². The van der Waals surface area contributed by atoms with Gasteiger partial charge in [0.25, 0.3) is 0 Å². The molecule has 0 bridgehead atoms. The van der Waals surface area contributed by atoms with Crippen molar-refractivity contribution >= 4 is 52.3 Å². The third-order valence-corrected chi connectivity index (χ3v) is 3.43. The van der Waals surface area contributed by atoms with Gasteiger partial charge in [-0.1, -0.05) is 34.8 Å². The first-order chi connectivity index (χ1) is 8.40. The number of benzene rings is 1. The highest BCUT2D eigenvalue weighted by Gasteiger charge is 2.15. The van der Waals surface area contributed by atoms with Crippen LogP contribution in [0.3, 0.4) is 0 Å². The smallest absolute Gasteiger partial charge is 0.222 e. The van der Waals surface area contributed by atoms with Gasteiger partial charge in [0.15, 0.2) is 0 Å². The normalized spacial score (nSPS) is 10.6. The molecule has 0 spiro atoms. The summed E-state index contributed by atoms with van der Waals surface area (Å²) in [6.45, 7) is 0. The number of nitrogens with two attached hydrogens (primary N) is 3. The first kappa shape index (κ1) is 13.0. The number of hydrogen-bond donors (Lipinski definition) is 3. The monoisotopic (exact) mass is 303 g/mol. The van der Waals surface area contributed by atoms with E-state index in [1.165, 1.54) is 6.07 Å². The lowest BCUT2D eigenvalue weighted by Crippen LogP contribution is -2.01. The lowest BCUT2D eigenvalue weighted by molar-refractivity contribution is 1.20. The Balaban J connectivity index is 2.71. The molecule has 0 aliphatic carbocycles. The van der Waals surface area contributed by atoms with Gasteiger partial charge in [-0.25, -0.2) is 4.98 Å². The summed E-state index contributed by atoms with van der Waals surface area (Å²) in [6.07, 6.45) is 0. The summed E-state index contributed by atoms with van der Waals surface area (Å²) < 4.78 is 0. The largest absolute Gasteiger partial charge is 0.396 e. The van der Waals surface area contributed by atoms with Gasteiger partial charge in [-0.2, -0.15) is 4.98 Å². The zero-order chi connectivity index (χ0) is 13.4. The SMILES string of the molecule is Nc1cc(-c2cc(Cl)c(N)c(Cl)c2Cl)nc(N)n1. The summed E-state index contributed by atoms with van der Waals surface area (Å²) in [5, 5.41) is 0.668. The van der Waals surface area contributed by atoms with Crippen molar-refractivity contribution in [1.82, 2.24) is 9.97 Å². The number of rotatable bonds is 1. The van der Waals surface area contributed by atoms with E-state index in [1.54, 1.807) is 6.07 Å². The van der Waals surface area contributed by atoms with Gasteiger partial charge >= 0.3 is 0 Å². The van der Waals surface area contributed by atoms with E-state index in [2.05, 4.69) is 9.97 Å². The van der Waals surface area contributed by atoms with Crippen molar-refractivity contribution in [3.05, 3.63) is 27.2 Å². The van der Waals surface area contributed by atoms with Crippen LogP contribution in [0.1, 0.15) is 0 Å². The van der Waals surface area contributed by atoms with Gasteiger partial charge in [0.2, 0.25) is 5.95 Å². The Morgan fingerprint density at radius 2 is 1.56 bits per heavy atom. The summed E-state index contributed by atoms with van der Waals surface area (Å²) in [7, 11) is 0. The van der Waals surface area contributed by atoms with E-state index in [0.29, 0.717) is 11.3 Å². The molecule has 0 unspecified atom stereocenters. The summed E-state index contributed by atoms with van der Waals surface area (Å²) in [4.78, 5) is 7.78. The predicted octanol–water partition coefficient (Wildman–Crippen LogP) is 2.85. The Morgan fingerprint density at radius 1 is 0.889 bits per heavy atom. The highest BCUT2D eigenvalue weighted by atomic mass is 35.5. The van der Waals surface area contributed by atoms with Crippen LogP contribution in [0, 0.1) is 0 Å². The molecule has 0 amide bonds. The predicted molar refractivity (Wildman–Crippen MR) is 75.7 cm³/mol. The first-order valence-electron chi connectivity index (χ1n) is 4.73. The minimum atomic E-state index is 0.0325. The molecule has 0 aliphatic rings. The highest BCUT2D eigenvalue weighted by Crippen LogP contribution is 2.41. The van der Waals surface area contributed by atoms with Crippen molar-refractivity contribution < 1.29 is 0 Å². The van der Waals surface area contributed by atoms with E-state index < -0.39 is 0 Å². The fourth-order valence-electron chi connectivity index (χ4n) is 1.42. The molecule has 8 heteroatoms. The molecule has 5 nitrogen and oxygen atoms in total. The van der Waals surface area contributed by atoms with Gasteiger partial charge in [0.05, 0.1) is 26.4 Å². The summed E-state index contributed by atoms with van der Waals surface area (Å²) >= 11 is 18.0. The molecular formula is C10H8Cl3N5. The maximum absolute atomic E-state index is 6.10. The third kappa shape index (κ3) is 2.25. The van der Waals surface area contributed by atoms with Crippen molar-refractivity contribution in [3.63, 3.8) is 0 Å². The van der Waals surface area contributed by atoms with Crippen molar-refractivity contribution in [2.45, 2.75) is 0 Å². The molecule has 0 saturated carbocycles. The maximum Gasteiger partial charge on any atom is 0.222 e. The van der Waals surface area contributed by atoms with Crippen molar-refractivity contribution in [3.8, 4) is 11.3 Å². The average Bonchev–Trinajstić information content (AvgIpc) is 2.30. The van der Waals surface area contributed by atoms with Gasteiger partial charge in [-0.15, -0.1) is 0 Å². The number of halogens is 3. The Kier molecular flexibility index (Phi) is 3.38. The van der Waals surface area contributed by atoms with E-state index >= 15 is 0 Å². The minimum Gasteiger partial charge on any atom is -0.396 e. The third-order valence-electron chi connectivity index (χ3n) is 2.23. The molecule has 0 radical (unpaired) electrons. The van der Waals surface area contributed by atoms with Gasteiger partial charge < -0.3 is 17.2 Å². The molecule has 6 N–H and O–H groups in total.